The molecule has 162 valence electrons. The number of thiazole rings is 1. The van der Waals surface area contributed by atoms with Gasteiger partial charge in [0.1, 0.15) is 17.4 Å². The molecule has 0 atom stereocenters. The molecule has 1 aromatic carbocycles. The molecule has 0 amide bonds. The predicted octanol–water partition coefficient (Wildman–Crippen LogP) is 5.79. The average molecular weight is 464 g/mol. The summed E-state index contributed by atoms with van der Waals surface area (Å²) in [5, 5.41) is 10.9. The SMILES string of the molecule is C=C1/C=C(/COC)SC/C(c2ccc(OCc3nc(C(=O)O)cs3)cc2)=C\C(F)=C1F. The van der Waals surface area contributed by atoms with Gasteiger partial charge in [-0.25, -0.2) is 18.6 Å². The van der Waals surface area contributed by atoms with E-state index in [1.54, 1.807) is 24.3 Å². The van der Waals surface area contributed by atoms with E-state index in [-0.39, 0.29) is 24.5 Å². The quantitative estimate of drug-likeness (QED) is 0.561. The number of aromatic nitrogens is 1. The Morgan fingerprint density at radius 1 is 1.23 bits per heavy atom. The van der Waals surface area contributed by atoms with Crippen LogP contribution in [0, 0.1) is 0 Å². The highest BCUT2D eigenvalue weighted by atomic mass is 32.2. The molecule has 0 radical (unpaired) electrons. The highest BCUT2D eigenvalue weighted by Gasteiger charge is 2.15. The summed E-state index contributed by atoms with van der Waals surface area (Å²) >= 11 is 2.62. The number of aromatic carboxylic acids is 1. The summed E-state index contributed by atoms with van der Waals surface area (Å²) in [5.74, 6) is -2.10. The van der Waals surface area contributed by atoms with E-state index in [2.05, 4.69) is 11.6 Å². The summed E-state index contributed by atoms with van der Waals surface area (Å²) in [6.45, 7) is 3.99. The molecular formula is C22H19F2NO4S2. The molecule has 1 N–H and O–H groups in total. The molecule has 1 aliphatic heterocycles. The van der Waals surface area contributed by atoms with Crippen LogP contribution in [0.2, 0.25) is 0 Å². The third-order valence-corrected chi connectivity index (χ3v) is 6.07. The fraction of sp³-hybridized carbons (Fsp3) is 0.182. The smallest absolute Gasteiger partial charge is 0.355 e. The van der Waals surface area contributed by atoms with E-state index in [0.29, 0.717) is 22.1 Å². The summed E-state index contributed by atoms with van der Waals surface area (Å²) in [7, 11) is 1.53. The first-order valence-corrected chi connectivity index (χ1v) is 10.9. The molecule has 5 nitrogen and oxygen atoms in total. The molecule has 2 heterocycles. The Morgan fingerprint density at radius 2 is 1.97 bits per heavy atom. The number of ether oxygens (including phenoxy) is 2. The van der Waals surface area contributed by atoms with Crippen LogP contribution in [0.1, 0.15) is 21.1 Å². The van der Waals surface area contributed by atoms with Crippen molar-refractivity contribution in [1.82, 2.24) is 4.98 Å². The number of hydrogen-bond acceptors (Lipinski definition) is 6. The number of benzene rings is 1. The molecule has 2 aromatic rings. The molecular weight excluding hydrogens is 444 g/mol. The Hall–Kier alpha value is -2.75. The second-order valence-corrected chi connectivity index (χ2v) is 8.48. The van der Waals surface area contributed by atoms with Crippen molar-refractivity contribution in [1.29, 1.82) is 0 Å². The van der Waals surface area contributed by atoms with Gasteiger partial charge in [-0.1, -0.05) is 18.7 Å². The van der Waals surface area contributed by atoms with Crippen molar-refractivity contribution in [2.45, 2.75) is 6.61 Å². The van der Waals surface area contributed by atoms with Gasteiger partial charge in [-0.3, -0.25) is 0 Å². The minimum Gasteiger partial charge on any atom is -0.486 e. The number of nitrogens with zero attached hydrogens (tertiary/aromatic N) is 1. The lowest BCUT2D eigenvalue weighted by Gasteiger charge is -2.10. The van der Waals surface area contributed by atoms with Gasteiger partial charge in [0.2, 0.25) is 0 Å². The standard InChI is InChI=1S/C22H19F2NO4S2/c1-13-7-17(9-28-2)30-11-15(8-18(23)21(13)24)14-3-5-16(6-4-14)29-10-20-25-19(12-31-20)22(26)27/h3-8,12H,1,9-11H2,2H3,(H,26,27)/b15-8+,17-7-,21-18?. The summed E-state index contributed by atoms with van der Waals surface area (Å²) in [6.07, 6.45) is 2.67. The molecule has 0 bridgehead atoms. The molecule has 1 aliphatic rings. The maximum absolute atomic E-state index is 14.4. The maximum Gasteiger partial charge on any atom is 0.355 e. The first kappa shape index (κ1) is 22.9. The minimum atomic E-state index is -1.09. The minimum absolute atomic E-state index is 0.0181. The largest absolute Gasteiger partial charge is 0.486 e. The molecule has 0 spiro atoms. The van der Waals surface area contributed by atoms with Gasteiger partial charge in [0.05, 0.1) is 6.61 Å². The van der Waals surface area contributed by atoms with Crippen molar-refractivity contribution in [2.24, 2.45) is 0 Å². The molecule has 0 fully saturated rings. The number of rotatable bonds is 7. The van der Waals surface area contributed by atoms with Crippen molar-refractivity contribution in [3.63, 3.8) is 0 Å². The number of hydrogen-bond donors (Lipinski definition) is 1. The zero-order valence-corrected chi connectivity index (χ0v) is 18.2. The normalized spacial score (nSPS) is 18.4. The molecule has 3 rings (SSSR count). The molecule has 0 saturated heterocycles. The van der Waals surface area contributed by atoms with Crippen molar-refractivity contribution in [3.05, 3.63) is 86.8 Å². The Morgan fingerprint density at radius 3 is 2.61 bits per heavy atom. The zero-order chi connectivity index (χ0) is 22.4. The van der Waals surface area contributed by atoms with E-state index in [1.165, 1.54) is 47.7 Å². The van der Waals surface area contributed by atoms with Crippen LogP contribution in [0.25, 0.3) is 5.57 Å². The van der Waals surface area contributed by atoms with Crippen LogP contribution in [-0.2, 0) is 11.3 Å². The average Bonchev–Trinajstić information content (AvgIpc) is 3.25. The topological polar surface area (TPSA) is 68.7 Å². The van der Waals surface area contributed by atoms with Crippen molar-refractivity contribution in [2.75, 3.05) is 19.5 Å². The summed E-state index contributed by atoms with van der Waals surface area (Å²) in [6, 6.07) is 6.93. The van der Waals surface area contributed by atoms with Gasteiger partial charge < -0.3 is 14.6 Å². The van der Waals surface area contributed by atoms with Crippen molar-refractivity contribution < 1.29 is 28.2 Å². The number of carbonyl (C=O) groups is 1. The maximum atomic E-state index is 14.4. The van der Waals surface area contributed by atoms with Gasteiger partial charge in [0.15, 0.2) is 17.3 Å². The Bertz CT molecular complexity index is 1070. The molecule has 9 heteroatoms. The fourth-order valence-corrected chi connectivity index (χ4v) is 4.36. The Kier molecular flexibility index (Phi) is 7.78. The van der Waals surface area contributed by atoms with E-state index < -0.39 is 17.6 Å². The summed E-state index contributed by atoms with van der Waals surface area (Å²) < 4.78 is 39.4. The van der Waals surface area contributed by atoms with Gasteiger partial charge in [0.25, 0.3) is 0 Å². The van der Waals surface area contributed by atoms with E-state index in [9.17, 15) is 13.6 Å². The molecule has 0 unspecified atom stereocenters. The lowest BCUT2D eigenvalue weighted by atomic mass is 10.1. The van der Waals surface area contributed by atoms with E-state index in [4.69, 9.17) is 14.6 Å². The molecule has 0 aliphatic carbocycles. The van der Waals surface area contributed by atoms with Gasteiger partial charge in [0, 0.05) is 28.7 Å². The number of methoxy groups -OCH3 is 1. The number of carboxylic acids is 1. The van der Waals surface area contributed by atoms with Gasteiger partial charge in [-0.15, -0.1) is 23.1 Å². The summed E-state index contributed by atoms with van der Waals surface area (Å²) in [5.41, 5.74) is 1.27. The summed E-state index contributed by atoms with van der Waals surface area (Å²) in [4.78, 5) is 15.6. The van der Waals surface area contributed by atoms with Crippen molar-refractivity contribution in [3.8, 4) is 5.75 Å². The first-order valence-electron chi connectivity index (χ1n) is 9.05. The Balaban J connectivity index is 1.75. The third-order valence-electron chi connectivity index (χ3n) is 4.19. The number of thioether (sulfide) groups is 1. The van der Waals surface area contributed by atoms with Crippen LogP contribution >= 0.6 is 23.1 Å². The van der Waals surface area contributed by atoms with Crippen LogP contribution < -0.4 is 4.74 Å². The molecule has 0 saturated carbocycles. The Labute approximate surface area is 186 Å². The van der Waals surface area contributed by atoms with E-state index >= 15 is 0 Å². The van der Waals surface area contributed by atoms with Crippen LogP contribution in [0.5, 0.6) is 5.75 Å². The highest BCUT2D eigenvalue weighted by Crippen LogP contribution is 2.33. The van der Waals surface area contributed by atoms with Crippen LogP contribution in [-0.4, -0.2) is 35.5 Å². The predicted molar refractivity (Wildman–Crippen MR) is 119 cm³/mol. The number of halogens is 2. The van der Waals surface area contributed by atoms with Crippen LogP contribution in [0.4, 0.5) is 8.78 Å². The second-order valence-electron chi connectivity index (χ2n) is 6.43. The first-order chi connectivity index (χ1) is 14.9. The third kappa shape index (κ3) is 6.13. The monoisotopic (exact) mass is 463 g/mol. The van der Waals surface area contributed by atoms with Crippen LogP contribution in [0.15, 0.2) is 70.5 Å². The number of carboxylic acid groups (broad SMARTS) is 1. The van der Waals surface area contributed by atoms with Gasteiger partial charge >= 0.3 is 5.97 Å². The van der Waals surface area contributed by atoms with Crippen molar-refractivity contribution >= 4 is 34.6 Å². The van der Waals surface area contributed by atoms with Gasteiger partial charge in [-0.05, 0) is 35.4 Å². The van der Waals surface area contributed by atoms with E-state index in [0.717, 1.165) is 10.5 Å². The van der Waals surface area contributed by atoms with Gasteiger partial charge in [-0.2, -0.15) is 0 Å². The van der Waals surface area contributed by atoms with Crippen LogP contribution in [0.3, 0.4) is 0 Å². The molecule has 31 heavy (non-hydrogen) atoms. The second kappa shape index (κ2) is 10.5. The number of allylic oxidation sites excluding steroid dienone is 5. The van der Waals surface area contributed by atoms with E-state index in [1.807, 2.05) is 0 Å². The zero-order valence-electron chi connectivity index (χ0n) is 16.6. The lowest BCUT2D eigenvalue weighted by molar-refractivity contribution is 0.0691. The lowest BCUT2D eigenvalue weighted by Crippen LogP contribution is -1.99. The highest BCUT2D eigenvalue weighted by molar-refractivity contribution is 8.03. The molecule has 1 aromatic heterocycles. The fourth-order valence-electron chi connectivity index (χ4n) is 2.66.